The maximum absolute atomic E-state index is 13.8. The number of hydrogen-bond donors (Lipinski definition) is 0. The largest absolute Gasteiger partial charge is 0.342 e. The van der Waals surface area contributed by atoms with Crippen molar-refractivity contribution in [2.45, 2.75) is 40.0 Å². The van der Waals surface area contributed by atoms with Crippen LogP contribution in [0.15, 0.2) is 18.2 Å². The van der Waals surface area contributed by atoms with Gasteiger partial charge in [-0.2, -0.15) is 0 Å². The summed E-state index contributed by atoms with van der Waals surface area (Å²) in [4.78, 5) is 13.8. The van der Waals surface area contributed by atoms with E-state index in [1.165, 1.54) is 6.07 Å². The molecule has 1 aromatic carbocycles. The van der Waals surface area contributed by atoms with Crippen LogP contribution in [0.3, 0.4) is 0 Å². The summed E-state index contributed by atoms with van der Waals surface area (Å²) >= 11 is 0. The Morgan fingerprint density at radius 3 is 2.58 bits per heavy atom. The fourth-order valence-electron chi connectivity index (χ4n) is 1.93. The highest BCUT2D eigenvalue weighted by Gasteiger charge is 2.14. The van der Waals surface area contributed by atoms with Gasteiger partial charge >= 0.3 is 0 Å². The van der Waals surface area contributed by atoms with Crippen LogP contribution in [0.5, 0.6) is 0 Å². The predicted octanol–water partition coefficient (Wildman–Crippen LogP) is 3.90. The molecule has 0 saturated carbocycles. The van der Waals surface area contributed by atoms with Gasteiger partial charge in [0.05, 0.1) is 0 Å². The Morgan fingerprint density at radius 1 is 1.37 bits per heavy atom. The molecule has 0 saturated heterocycles. The van der Waals surface area contributed by atoms with E-state index in [2.05, 4.69) is 13.8 Å². The molecule has 0 aliphatic heterocycles. The highest BCUT2D eigenvalue weighted by molar-refractivity contribution is 5.94. The number of aryl methyl sites for hydroxylation is 1. The summed E-state index contributed by atoms with van der Waals surface area (Å²) in [7, 11) is 1.77. The Balaban J connectivity index is 2.74. The quantitative estimate of drug-likeness (QED) is 0.764. The highest BCUT2D eigenvalue weighted by Crippen LogP contribution is 2.14. The maximum atomic E-state index is 13.8. The lowest BCUT2D eigenvalue weighted by Crippen LogP contribution is -2.28. The topological polar surface area (TPSA) is 20.3 Å². The van der Waals surface area contributed by atoms with Crippen molar-refractivity contribution >= 4 is 5.91 Å². The number of hydrogen-bond acceptors (Lipinski definition) is 1. The Hall–Kier alpha value is -1.38. The van der Waals surface area contributed by atoms with E-state index in [0.717, 1.165) is 12.8 Å². The summed E-state index contributed by atoms with van der Waals surface area (Å²) in [6.07, 6.45) is 2.57. The zero-order chi connectivity index (χ0) is 14.4. The molecule has 1 rings (SSSR count). The van der Waals surface area contributed by atoms with Crippen LogP contribution < -0.4 is 0 Å². The van der Waals surface area contributed by atoms with Crippen LogP contribution in [0, 0.1) is 11.7 Å². The lowest BCUT2D eigenvalue weighted by molar-refractivity contribution is 0.0788. The lowest BCUT2D eigenvalue weighted by atomic mass is 10.1. The summed E-state index contributed by atoms with van der Waals surface area (Å²) in [5.74, 6) is 0.173. The van der Waals surface area contributed by atoms with Crippen LogP contribution in [0.1, 0.15) is 49.5 Å². The van der Waals surface area contributed by atoms with E-state index in [4.69, 9.17) is 0 Å². The second-order valence-corrected chi connectivity index (χ2v) is 5.47. The van der Waals surface area contributed by atoms with E-state index >= 15 is 0 Å². The average molecular weight is 265 g/mol. The van der Waals surface area contributed by atoms with Gasteiger partial charge in [-0.05, 0) is 36.5 Å². The molecule has 0 aliphatic carbocycles. The minimum atomic E-state index is -0.273. The summed E-state index contributed by atoms with van der Waals surface area (Å²) in [6.45, 7) is 6.96. The third-order valence-electron chi connectivity index (χ3n) is 3.21. The van der Waals surface area contributed by atoms with Crippen LogP contribution in [-0.2, 0) is 6.42 Å². The molecule has 0 fully saturated rings. The Bertz CT molecular complexity index is 429. The van der Waals surface area contributed by atoms with E-state index in [0.29, 0.717) is 30.0 Å². The van der Waals surface area contributed by atoms with Crippen molar-refractivity contribution < 1.29 is 9.18 Å². The molecule has 0 atom stereocenters. The molecule has 0 bridgehead atoms. The van der Waals surface area contributed by atoms with Crippen molar-refractivity contribution in [2.75, 3.05) is 13.6 Å². The average Bonchev–Trinajstić information content (AvgIpc) is 2.37. The van der Waals surface area contributed by atoms with Crippen molar-refractivity contribution in [3.05, 3.63) is 35.1 Å². The Morgan fingerprint density at radius 2 is 2.05 bits per heavy atom. The fraction of sp³-hybridized carbons (Fsp3) is 0.562. The second-order valence-electron chi connectivity index (χ2n) is 5.47. The van der Waals surface area contributed by atoms with Crippen LogP contribution in [0.4, 0.5) is 4.39 Å². The number of nitrogens with zero attached hydrogens (tertiary/aromatic N) is 1. The molecule has 106 valence electrons. The first-order chi connectivity index (χ1) is 8.95. The van der Waals surface area contributed by atoms with Crippen molar-refractivity contribution in [2.24, 2.45) is 5.92 Å². The number of benzene rings is 1. The maximum Gasteiger partial charge on any atom is 0.253 e. The van der Waals surface area contributed by atoms with Gasteiger partial charge in [0.1, 0.15) is 5.82 Å². The molecule has 19 heavy (non-hydrogen) atoms. The zero-order valence-electron chi connectivity index (χ0n) is 12.4. The van der Waals surface area contributed by atoms with Crippen LogP contribution in [0.2, 0.25) is 0 Å². The first kappa shape index (κ1) is 15.7. The van der Waals surface area contributed by atoms with Crippen molar-refractivity contribution in [1.82, 2.24) is 4.90 Å². The van der Waals surface area contributed by atoms with Gasteiger partial charge in [-0.3, -0.25) is 4.79 Å². The van der Waals surface area contributed by atoms with Gasteiger partial charge < -0.3 is 4.90 Å². The van der Waals surface area contributed by atoms with Gasteiger partial charge in [-0.25, -0.2) is 4.39 Å². The minimum Gasteiger partial charge on any atom is -0.342 e. The number of carbonyl (C=O) groups is 1. The normalized spacial score (nSPS) is 10.8. The van der Waals surface area contributed by atoms with Gasteiger partial charge in [-0.15, -0.1) is 0 Å². The molecule has 0 unspecified atom stereocenters. The van der Waals surface area contributed by atoms with E-state index in [-0.39, 0.29) is 11.7 Å². The van der Waals surface area contributed by atoms with Crippen LogP contribution in [-0.4, -0.2) is 24.4 Å². The van der Waals surface area contributed by atoms with Gasteiger partial charge in [0, 0.05) is 19.2 Å². The van der Waals surface area contributed by atoms with Crippen LogP contribution >= 0.6 is 0 Å². The SMILES string of the molecule is CCCc1ccc(C(=O)N(C)CCC(C)C)cc1F. The molecule has 1 aromatic rings. The number of halogens is 1. The van der Waals surface area contributed by atoms with Crippen molar-refractivity contribution in [1.29, 1.82) is 0 Å². The minimum absolute atomic E-state index is 0.109. The Kier molecular flexibility index (Phi) is 6.00. The molecule has 0 radical (unpaired) electrons. The molecule has 2 nitrogen and oxygen atoms in total. The van der Waals surface area contributed by atoms with Crippen molar-refractivity contribution in [3.63, 3.8) is 0 Å². The standard InChI is InChI=1S/C16H24FNO/c1-5-6-13-7-8-14(11-15(13)17)16(19)18(4)10-9-12(2)3/h7-8,11-12H,5-6,9-10H2,1-4H3. The molecule has 0 spiro atoms. The molecule has 3 heteroatoms. The van der Waals surface area contributed by atoms with Gasteiger partial charge in [0.2, 0.25) is 0 Å². The van der Waals surface area contributed by atoms with Crippen molar-refractivity contribution in [3.8, 4) is 0 Å². The molecular weight excluding hydrogens is 241 g/mol. The van der Waals surface area contributed by atoms with E-state index in [1.807, 2.05) is 6.92 Å². The third kappa shape index (κ3) is 4.66. The molecule has 0 aliphatic rings. The van der Waals surface area contributed by atoms with E-state index in [1.54, 1.807) is 24.1 Å². The number of rotatable bonds is 6. The molecule has 0 aromatic heterocycles. The second kappa shape index (κ2) is 7.27. The van der Waals surface area contributed by atoms with Gasteiger partial charge in [0.25, 0.3) is 5.91 Å². The molecular formula is C16H24FNO. The molecule has 1 amide bonds. The highest BCUT2D eigenvalue weighted by atomic mass is 19.1. The smallest absolute Gasteiger partial charge is 0.253 e. The van der Waals surface area contributed by atoms with E-state index in [9.17, 15) is 9.18 Å². The lowest BCUT2D eigenvalue weighted by Gasteiger charge is -2.18. The fourth-order valence-corrected chi connectivity index (χ4v) is 1.93. The number of carbonyl (C=O) groups excluding carboxylic acids is 1. The van der Waals surface area contributed by atoms with Crippen LogP contribution in [0.25, 0.3) is 0 Å². The summed E-state index contributed by atoms with van der Waals surface area (Å²) in [5.41, 5.74) is 1.12. The first-order valence-electron chi connectivity index (χ1n) is 6.99. The monoisotopic (exact) mass is 265 g/mol. The van der Waals surface area contributed by atoms with E-state index < -0.39 is 0 Å². The summed E-state index contributed by atoms with van der Waals surface area (Å²) < 4.78 is 13.8. The molecule has 0 N–H and O–H groups in total. The predicted molar refractivity (Wildman–Crippen MR) is 76.8 cm³/mol. The third-order valence-corrected chi connectivity index (χ3v) is 3.21. The summed E-state index contributed by atoms with van der Waals surface area (Å²) in [5, 5.41) is 0. The number of amides is 1. The zero-order valence-corrected chi connectivity index (χ0v) is 12.4. The summed E-state index contributed by atoms with van der Waals surface area (Å²) in [6, 6.07) is 4.81. The van der Waals surface area contributed by atoms with Gasteiger partial charge in [-0.1, -0.05) is 33.3 Å². The van der Waals surface area contributed by atoms with Gasteiger partial charge in [0.15, 0.2) is 0 Å². The Labute approximate surface area is 115 Å². The first-order valence-corrected chi connectivity index (χ1v) is 6.99. The molecule has 0 heterocycles.